The van der Waals surface area contributed by atoms with Crippen LogP contribution in [-0.4, -0.2) is 73.1 Å². The van der Waals surface area contributed by atoms with Crippen LogP contribution >= 0.6 is 0 Å². The summed E-state index contributed by atoms with van der Waals surface area (Å²) < 4.78 is 5.70. The summed E-state index contributed by atoms with van der Waals surface area (Å²) in [5.41, 5.74) is 1.02. The van der Waals surface area contributed by atoms with Crippen molar-refractivity contribution in [1.29, 1.82) is 5.41 Å². The van der Waals surface area contributed by atoms with Crippen LogP contribution in [0.2, 0.25) is 0 Å². The van der Waals surface area contributed by atoms with E-state index >= 15 is 0 Å². The van der Waals surface area contributed by atoms with Gasteiger partial charge in [-0.15, -0.1) is 0 Å². The van der Waals surface area contributed by atoms with Crippen molar-refractivity contribution in [3.8, 4) is 5.75 Å². The van der Waals surface area contributed by atoms with Gasteiger partial charge in [0.05, 0.1) is 11.3 Å². The van der Waals surface area contributed by atoms with E-state index in [9.17, 15) is 19.2 Å². The van der Waals surface area contributed by atoms with Gasteiger partial charge in [0.2, 0.25) is 5.91 Å². The van der Waals surface area contributed by atoms with Gasteiger partial charge in [-0.05, 0) is 61.7 Å². The van der Waals surface area contributed by atoms with Crippen molar-refractivity contribution < 1.29 is 23.9 Å². The van der Waals surface area contributed by atoms with Crippen molar-refractivity contribution in [3.63, 3.8) is 0 Å². The van der Waals surface area contributed by atoms with E-state index in [-0.39, 0.29) is 40.8 Å². The monoisotopic (exact) mass is 671 g/mol. The molecule has 0 aliphatic carbocycles. The average Bonchev–Trinajstić information content (AvgIpc) is 3.08. The van der Waals surface area contributed by atoms with Gasteiger partial charge in [-0.25, -0.2) is 4.98 Å². The van der Waals surface area contributed by atoms with E-state index < -0.39 is 11.8 Å². The smallest absolute Gasteiger partial charge is 0.259 e. The average molecular weight is 672 g/mol. The third-order valence-electron chi connectivity index (χ3n) is 7.83. The molecule has 5 N–H and O–H groups in total. The van der Waals surface area contributed by atoms with Crippen molar-refractivity contribution in [1.82, 2.24) is 20.5 Å². The fourth-order valence-corrected chi connectivity index (χ4v) is 4.97. The number of rotatable bonds is 18. The molecule has 0 saturated heterocycles. The first-order chi connectivity index (χ1) is 23.4. The minimum Gasteiger partial charge on any atom is -0.484 e. The highest BCUT2D eigenvalue weighted by Crippen LogP contribution is 2.25. The third-order valence-corrected chi connectivity index (χ3v) is 7.83. The number of amides is 4. The zero-order valence-corrected chi connectivity index (χ0v) is 29.2. The molecule has 1 aromatic heterocycles. The van der Waals surface area contributed by atoms with E-state index in [0.717, 1.165) is 38.5 Å². The highest BCUT2D eigenvalue weighted by Gasteiger charge is 2.25. The lowest BCUT2D eigenvalue weighted by Crippen LogP contribution is -2.37. The summed E-state index contributed by atoms with van der Waals surface area (Å²) in [6.45, 7) is 6.91. The Bertz CT molecular complexity index is 1570. The molecule has 0 aliphatic heterocycles. The van der Waals surface area contributed by atoms with E-state index in [1.807, 2.05) is 13.8 Å². The van der Waals surface area contributed by atoms with Crippen molar-refractivity contribution in [2.24, 2.45) is 5.41 Å². The molecule has 12 heteroatoms. The van der Waals surface area contributed by atoms with Crippen LogP contribution < -0.4 is 26.0 Å². The number of aromatic nitrogens is 1. The number of hydrogen-bond donors (Lipinski definition) is 5. The first-order valence-electron chi connectivity index (χ1n) is 16.6. The molecular weight excluding hydrogens is 622 g/mol. The first kappa shape index (κ1) is 38.2. The number of hydrogen-bond acceptors (Lipinski definition) is 7. The van der Waals surface area contributed by atoms with Crippen LogP contribution in [0.5, 0.6) is 5.75 Å². The maximum absolute atomic E-state index is 13.3. The van der Waals surface area contributed by atoms with Crippen LogP contribution in [-0.2, 0) is 9.59 Å². The summed E-state index contributed by atoms with van der Waals surface area (Å²) in [5, 5.41) is 19.5. The van der Waals surface area contributed by atoms with Crippen LogP contribution in [0.1, 0.15) is 85.6 Å². The Morgan fingerprint density at radius 1 is 0.837 bits per heavy atom. The summed E-state index contributed by atoms with van der Waals surface area (Å²) in [6, 6.07) is 16.3. The maximum atomic E-state index is 13.3. The number of anilines is 2. The number of carbonyl (C=O) groups excluding carboxylic acids is 4. The first-order valence-corrected chi connectivity index (χ1v) is 16.6. The van der Waals surface area contributed by atoms with Crippen LogP contribution in [0.25, 0.3) is 0 Å². The van der Waals surface area contributed by atoms with Gasteiger partial charge in [-0.1, -0.05) is 58.2 Å². The van der Waals surface area contributed by atoms with Gasteiger partial charge in [0.15, 0.2) is 6.61 Å². The van der Waals surface area contributed by atoms with E-state index in [1.165, 1.54) is 6.07 Å². The normalized spacial score (nSPS) is 10.9. The molecule has 12 nitrogen and oxygen atoms in total. The van der Waals surface area contributed by atoms with E-state index in [2.05, 4.69) is 33.2 Å². The fourth-order valence-electron chi connectivity index (χ4n) is 4.97. The zero-order valence-electron chi connectivity index (χ0n) is 29.2. The number of benzene rings is 2. The van der Waals surface area contributed by atoms with Gasteiger partial charge in [-0.2, -0.15) is 0 Å². The predicted octanol–water partition coefficient (Wildman–Crippen LogP) is 5.47. The molecule has 4 amide bonds. The second kappa shape index (κ2) is 18.9. The number of amidine groups is 1. The van der Waals surface area contributed by atoms with Crippen molar-refractivity contribution in [3.05, 3.63) is 83.6 Å². The summed E-state index contributed by atoms with van der Waals surface area (Å²) >= 11 is 0. The van der Waals surface area contributed by atoms with E-state index in [4.69, 9.17) is 10.1 Å². The molecule has 0 radical (unpaired) electrons. The van der Waals surface area contributed by atoms with Crippen LogP contribution in [0, 0.1) is 10.8 Å². The van der Waals surface area contributed by atoms with E-state index in [0.29, 0.717) is 35.9 Å². The molecule has 0 atom stereocenters. The SMILES string of the molecule is CCCC(C)(C)C(=O)NCCCCCCNC(=O)COc1ccc(NC(=O)c2ccc(C(=N)N(C)C)cc2)c(C(=O)Nc2ccccn2)c1. The predicted molar refractivity (Wildman–Crippen MR) is 192 cm³/mol. The van der Waals surface area contributed by atoms with Crippen LogP contribution in [0.4, 0.5) is 11.5 Å². The van der Waals surface area contributed by atoms with Gasteiger partial charge in [0, 0.05) is 49.9 Å². The van der Waals surface area contributed by atoms with Gasteiger partial charge >= 0.3 is 0 Å². The number of pyridine rings is 1. The quantitative estimate of drug-likeness (QED) is 0.0680. The minimum atomic E-state index is -0.525. The highest BCUT2D eigenvalue weighted by molar-refractivity contribution is 6.12. The zero-order chi connectivity index (χ0) is 35.8. The molecule has 0 spiro atoms. The van der Waals surface area contributed by atoms with Gasteiger partial charge < -0.3 is 30.9 Å². The lowest BCUT2D eigenvalue weighted by atomic mass is 9.87. The maximum Gasteiger partial charge on any atom is 0.259 e. The third kappa shape index (κ3) is 12.4. The van der Waals surface area contributed by atoms with Crippen LogP contribution in [0.3, 0.4) is 0 Å². The molecule has 3 rings (SSSR count). The molecular formula is C37H49N7O5. The Morgan fingerprint density at radius 2 is 1.51 bits per heavy atom. The lowest BCUT2D eigenvalue weighted by Gasteiger charge is -2.22. The molecule has 0 aliphatic rings. The highest BCUT2D eigenvalue weighted by atomic mass is 16.5. The second-order valence-electron chi connectivity index (χ2n) is 12.6. The Labute approximate surface area is 288 Å². The fraction of sp³-hybridized carbons (Fsp3) is 0.405. The summed E-state index contributed by atoms with van der Waals surface area (Å²) in [4.78, 5) is 57.0. The van der Waals surface area contributed by atoms with E-state index in [1.54, 1.807) is 79.8 Å². The number of nitrogens with zero attached hydrogens (tertiary/aromatic N) is 2. The molecule has 0 fully saturated rings. The Balaban J connectivity index is 1.53. The molecule has 49 heavy (non-hydrogen) atoms. The minimum absolute atomic E-state index is 0.0897. The van der Waals surface area contributed by atoms with Crippen molar-refractivity contribution in [2.75, 3.05) is 44.4 Å². The number of ether oxygens (including phenoxy) is 1. The van der Waals surface area contributed by atoms with Gasteiger partial charge in [0.1, 0.15) is 17.4 Å². The number of nitrogens with one attached hydrogen (secondary N) is 5. The molecule has 0 unspecified atom stereocenters. The van der Waals surface area contributed by atoms with Crippen LogP contribution in [0.15, 0.2) is 66.9 Å². The van der Waals surface area contributed by atoms with Crippen molar-refractivity contribution in [2.45, 2.75) is 59.3 Å². The molecule has 3 aromatic rings. The Morgan fingerprint density at radius 3 is 2.14 bits per heavy atom. The Hall–Kier alpha value is -5.26. The topological polar surface area (TPSA) is 166 Å². The van der Waals surface area contributed by atoms with Gasteiger partial charge in [-0.3, -0.25) is 24.6 Å². The molecule has 0 bridgehead atoms. The van der Waals surface area contributed by atoms with Crippen molar-refractivity contribution >= 4 is 41.0 Å². The number of unbranched alkanes of at least 4 members (excludes halogenated alkanes) is 3. The largest absolute Gasteiger partial charge is 0.484 e. The van der Waals surface area contributed by atoms with Gasteiger partial charge in [0.25, 0.3) is 17.7 Å². The lowest BCUT2D eigenvalue weighted by molar-refractivity contribution is -0.129. The summed E-state index contributed by atoms with van der Waals surface area (Å²) in [6.07, 6.45) is 6.92. The Kier molecular flexibility index (Phi) is 14.7. The summed E-state index contributed by atoms with van der Waals surface area (Å²) in [5.74, 6) is -0.262. The second-order valence-corrected chi connectivity index (χ2v) is 12.6. The molecule has 2 aromatic carbocycles. The summed E-state index contributed by atoms with van der Waals surface area (Å²) in [7, 11) is 3.54. The number of carbonyl (C=O) groups is 4. The molecule has 1 heterocycles. The standard InChI is InChI=1S/C37H49N7O5/c1-6-20-37(2,3)36(48)41-23-11-8-7-10-22-40-32(45)25-49-28-18-19-30(29(24-28)35(47)43-31-13-9-12-21-39-31)42-34(46)27-16-14-26(15-17-27)33(38)44(4)5/h9,12-19,21,24,38H,6-8,10-11,20,22-23,25H2,1-5H3,(H,40,45)(H,41,48)(H,42,46)(H,39,43,47). The molecule has 0 saturated carbocycles. The molecule has 262 valence electrons.